The molecule has 8 heteroatoms. The molecule has 17 heavy (non-hydrogen) atoms. The second-order valence-electron chi connectivity index (χ2n) is 3.22. The fourth-order valence-electron chi connectivity index (χ4n) is 1.15. The normalized spacial score (nSPS) is 10.8. The van der Waals surface area contributed by atoms with Crippen molar-refractivity contribution in [3.05, 3.63) is 38.5 Å². The molecule has 0 saturated heterocycles. The first-order chi connectivity index (χ1) is 8.08. The molecule has 2 aromatic heterocycles. The van der Waals surface area contributed by atoms with Gasteiger partial charge in [0.25, 0.3) is 0 Å². The van der Waals surface area contributed by atoms with Crippen molar-refractivity contribution in [2.45, 2.75) is 10.9 Å². The van der Waals surface area contributed by atoms with Gasteiger partial charge in [-0.1, -0.05) is 35.0 Å². The van der Waals surface area contributed by atoms with E-state index in [0.29, 0.717) is 26.8 Å². The first-order valence-corrected chi connectivity index (χ1v) is 6.37. The van der Waals surface area contributed by atoms with Gasteiger partial charge in [0.2, 0.25) is 0 Å². The molecule has 0 bridgehead atoms. The second kappa shape index (κ2) is 5.12. The van der Waals surface area contributed by atoms with Crippen LogP contribution in [0.4, 0.5) is 0 Å². The van der Waals surface area contributed by atoms with Crippen LogP contribution in [0.15, 0.2) is 22.1 Å². The minimum absolute atomic E-state index is 0.252. The largest absolute Gasteiger partial charge is 0.343 e. The van der Waals surface area contributed by atoms with E-state index in [0.717, 1.165) is 0 Å². The highest BCUT2D eigenvalue weighted by Crippen LogP contribution is 2.24. The molecule has 2 rings (SSSR count). The van der Waals surface area contributed by atoms with Gasteiger partial charge >= 0.3 is 5.69 Å². The number of aromatic amines is 1. The standard InChI is InChI=1S/C9H8Cl2N4OS/c1-15-8(16)13-14-9(15)17-4-6-5(10)2-3-7(11)12-6/h2-3H,4H2,1H3,(H,13,16). The summed E-state index contributed by atoms with van der Waals surface area (Å²) in [7, 11) is 1.64. The summed E-state index contributed by atoms with van der Waals surface area (Å²) in [5.74, 6) is 0.498. The summed E-state index contributed by atoms with van der Waals surface area (Å²) in [6.45, 7) is 0. The van der Waals surface area contributed by atoms with Crippen molar-refractivity contribution >= 4 is 35.0 Å². The zero-order valence-corrected chi connectivity index (χ0v) is 11.1. The molecular formula is C9H8Cl2N4OS. The maximum Gasteiger partial charge on any atom is 0.343 e. The Morgan fingerprint density at radius 1 is 1.47 bits per heavy atom. The van der Waals surface area contributed by atoms with Gasteiger partial charge in [0.15, 0.2) is 5.16 Å². The molecule has 0 amide bonds. The fourth-order valence-corrected chi connectivity index (χ4v) is 2.44. The van der Waals surface area contributed by atoms with Crippen LogP contribution in [0.3, 0.4) is 0 Å². The molecule has 1 N–H and O–H groups in total. The van der Waals surface area contributed by atoms with E-state index in [9.17, 15) is 4.79 Å². The Balaban J connectivity index is 2.15. The molecule has 0 saturated carbocycles. The van der Waals surface area contributed by atoms with Crippen LogP contribution < -0.4 is 5.69 Å². The lowest BCUT2D eigenvalue weighted by atomic mass is 10.4. The van der Waals surface area contributed by atoms with Crippen molar-refractivity contribution in [1.82, 2.24) is 19.7 Å². The van der Waals surface area contributed by atoms with Crippen molar-refractivity contribution in [1.29, 1.82) is 0 Å². The molecular weight excluding hydrogens is 283 g/mol. The molecule has 0 radical (unpaired) electrons. The summed E-state index contributed by atoms with van der Waals surface area (Å²) < 4.78 is 1.42. The van der Waals surface area contributed by atoms with Crippen molar-refractivity contribution in [2.24, 2.45) is 7.05 Å². The minimum atomic E-state index is -0.252. The van der Waals surface area contributed by atoms with Crippen LogP contribution in [-0.4, -0.2) is 19.7 Å². The van der Waals surface area contributed by atoms with Gasteiger partial charge in [-0.05, 0) is 12.1 Å². The van der Waals surface area contributed by atoms with Crippen LogP contribution in [0.5, 0.6) is 0 Å². The van der Waals surface area contributed by atoms with Gasteiger partial charge in [0.1, 0.15) is 5.15 Å². The highest BCUT2D eigenvalue weighted by Gasteiger charge is 2.08. The Hall–Kier alpha value is -0.980. The van der Waals surface area contributed by atoms with Crippen molar-refractivity contribution in [3.8, 4) is 0 Å². The summed E-state index contributed by atoms with van der Waals surface area (Å²) in [6, 6.07) is 3.32. The topological polar surface area (TPSA) is 63.6 Å². The van der Waals surface area contributed by atoms with Gasteiger partial charge in [-0.25, -0.2) is 14.9 Å². The van der Waals surface area contributed by atoms with Crippen LogP contribution in [0.25, 0.3) is 0 Å². The lowest BCUT2D eigenvalue weighted by Crippen LogP contribution is -2.12. The third-order valence-electron chi connectivity index (χ3n) is 2.06. The van der Waals surface area contributed by atoms with Crippen LogP contribution in [0, 0.1) is 0 Å². The molecule has 0 atom stereocenters. The molecule has 5 nitrogen and oxygen atoms in total. The Morgan fingerprint density at radius 3 is 2.88 bits per heavy atom. The predicted octanol–water partition coefficient (Wildman–Crippen LogP) is 2.10. The number of hydrogen-bond donors (Lipinski definition) is 1. The van der Waals surface area contributed by atoms with Gasteiger partial charge in [-0.3, -0.25) is 4.57 Å². The highest BCUT2D eigenvalue weighted by molar-refractivity contribution is 7.98. The van der Waals surface area contributed by atoms with E-state index >= 15 is 0 Å². The predicted molar refractivity (Wildman–Crippen MR) is 67.6 cm³/mol. The second-order valence-corrected chi connectivity index (χ2v) is 4.96. The van der Waals surface area contributed by atoms with Gasteiger partial charge in [-0.15, -0.1) is 5.10 Å². The lowest BCUT2D eigenvalue weighted by molar-refractivity contribution is 0.765. The quantitative estimate of drug-likeness (QED) is 0.695. The minimum Gasteiger partial charge on any atom is -0.273 e. The number of nitrogens with zero attached hydrogens (tertiary/aromatic N) is 3. The van der Waals surface area contributed by atoms with Gasteiger partial charge < -0.3 is 0 Å². The molecule has 2 aromatic rings. The SMILES string of the molecule is Cn1c(SCc2nc(Cl)ccc2Cl)n[nH]c1=O. The third kappa shape index (κ3) is 2.83. The summed E-state index contributed by atoms with van der Waals surface area (Å²) in [5.41, 5.74) is 0.414. The number of halogens is 2. The summed E-state index contributed by atoms with van der Waals surface area (Å²) in [5, 5.41) is 7.73. The van der Waals surface area contributed by atoms with Crippen molar-refractivity contribution in [3.63, 3.8) is 0 Å². The average Bonchev–Trinajstić information content (AvgIpc) is 2.62. The van der Waals surface area contributed by atoms with E-state index in [-0.39, 0.29) is 5.69 Å². The fraction of sp³-hybridized carbons (Fsp3) is 0.222. The van der Waals surface area contributed by atoms with Crippen LogP contribution >= 0.6 is 35.0 Å². The summed E-state index contributed by atoms with van der Waals surface area (Å²) >= 11 is 13.1. The summed E-state index contributed by atoms with van der Waals surface area (Å²) in [4.78, 5) is 15.3. The zero-order chi connectivity index (χ0) is 12.4. The van der Waals surface area contributed by atoms with Crippen LogP contribution in [-0.2, 0) is 12.8 Å². The van der Waals surface area contributed by atoms with E-state index in [1.807, 2.05) is 0 Å². The lowest BCUT2D eigenvalue weighted by Gasteiger charge is -2.02. The van der Waals surface area contributed by atoms with Crippen LogP contribution in [0.2, 0.25) is 10.2 Å². The Kier molecular flexibility index (Phi) is 3.76. The molecule has 0 aliphatic heterocycles. The number of rotatable bonds is 3. The Bertz CT molecular complexity index is 595. The molecule has 0 spiro atoms. The van der Waals surface area contributed by atoms with E-state index in [4.69, 9.17) is 23.2 Å². The number of hydrogen-bond acceptors (Lipinski definition) is 4. The van der Waals surface area contributed by atoms with Crippen molar-refractivity contribution < 1.29 is 0 Å². The van der Waals surface area contributed by atoms with Gasteiger partial charge in [-0.2, -0.15) is 0 Å². The monoisotopic (exact) mass is 290 g/mol. The molecule has 0 unspecified atom stereocenters. The van der Waals surface area contributed by atoms with Crippen LogP contribution in [0.1, 0.15) is 5.69 Å². The highest BCUT2D eigenvalue weighted by atomic mass is 35.5. The number of H-pyrrole nitrogens is 1. The molecule has 0 fully saturated rings. The third-order valence-corrected chi connectivity index (χ3v) is 3.66. The van der Waals surface area contributed by atoms with E-state index < -0.39 is 0 Å². The smallest absolute Gasteiger partial charge is 0.273 e. The molecule has 90 valence electrons. The molecule has 0 aliphatic rings. The zero-order valence-electron chi connectivity index (χ0n) is 8.78. The first kappa shape index (κ1) is 12.5. The molecule has 0 aromatic carbocycles. The summed E-state index contributed by atoms with van der Waals surface area (Å²) in [6.07, 6.45) is 0. The molecule has 2 heterocycles. The average molecular weight is 291 g/mol. The van der Waals surface area contributed by atoms with E-state index in [2.05, 4.69) is 15.2 Å². The van der Waals surface area contributed by atoms with E-state index in [1.165, 1.54) is 16.3 Å². The van der Waals surface area contributed by atoms with E-state index in [1.54, 1.807) is 19.2 Å². The number of thioether (sulfide) groups is 1. The Labute approximate surface area is 111 Å². The molecule has 0 aliphatic carbocycles. The number of nitrogens with one attached hydrogen (secondary N) is 1. The number of aromatic nitrogens is 4. The Morgan fingerprint density at radius 2 is 2.24 bits per heavy atom. The van der Waals surface area contributed by atoms with Gasteiger partial charge in [0, 0.05) is 12.8 Å². The van der Waals surface area contributed by atoms with Crippen molar-refractivity contribution in [2.75, 3.05) is 0 Å². The number of pyridine rings is 1. The maximum atomic E-state index is 11.1. The van der Waals surface area contributed by atoms with Gasteiger partial charge in [0.05, 0.1) is 10.7 Å². The first-order valence-electron chi connectivity index (χ1n) is 4.63. The maximum absolute atomic E-state index is 11.1.